The quantitative estimate of drug-likeness (QED) is 0.591. The van der Waals surface area contributed by atoms with Gasteiger partial charge in [0.2, 0.25) is 0 Å². The first-order valence-corrected chi connectivity index (χ1v) is 4.96. The van der Waals surface area contributed by atoms with Gasteiger partial charge in [-0.15, -0.1) is 0 Å². The SMILES string of the molecule is CCCCCC(=O)[C@H](O)CC(C)O. The minimum Gasteiger partial charge on any atom is -0.393 e. The Morgan fingerprint density at radius 1 is 1.31 bits per heavy atom. The maximum atomic E-state index is 11.2. The van der Waals surface area contributed by atoms with Gasteiger partial charge in [-0.2, -0.15) is 0 Å². The van der Waals surface area contributed by atoms with E-state index in [1.165, 1.54) is 0 Å². The topological polar surface area (TPSA) is 57.5 Å². The Bertz CT molecular complexity index is 143. The van der Waals surface area contributed by atoms with Crippen LogP contribution in [0, 0.1) is 0 Å². The van der Waals surface area contributed by atoms with Crippen molar-refractivity contribution in [3.8, 4) is 0 Å². The largest absolute Gasteiger partial charge is 0.393 e. The molecule has 0 amide bonds. The summed E-state index contributed by atoms with van der Waals surface area (Å²) in [7, 11) is 0. The number of carbonyl (C=O) groups excluding carboxylic acids is 1. The maximum absolute atomic E-state index is 11.2. The molecule has 2 N–H and O–H groups in total. The van der Waals surface area contributed by atoms with Crippen LogP contribution >= 0.6 is 0 Å². The molecule has 0 saturated heterocycles. The molecule has 0 fully saturated rings. The molecule has 0 aromatic heterocycles. The number of hydrogen-bond donors (Lipinski definition) is 2. The van der Waals surface area contributed by atoms with Gasteiger partial charge in [0.1, 0.15) is 6.10 Å². The van der Waals surface area contributed by atoms with Crippen LogP contribution in [0.25, 0.3) is 0 Å². The molecule has 0 saturated carbocycles. The second kappa shape index (κ2) is 7.04. The number of rotatable bonds is 7. The highest BCUT2D eigenvalue weighted by Crippen LogP contribution is 2.06. The predicted molar refractivity (Wildman–Crippen MR) is 51.5 cm³/mol. The Morgan fingerprint density at radius 3 is 2.38 bits per heavy atom. The summed E-state index contributed by atoms with van der Waals surface area (Å²) in [6.07, 6.45) is 1.94. The monoisotopic (exact) mass is 188 g/mol. The number of hydrogen-bond acceptors (Lipinski definition) is 3. The number of Topliss-reactive ketones (excluding diaryl/α,β-unsaturated/α-hetero) is 1. The molecule has 13 heavy (non-hydrogen) atoms. The van der Waals surface area contributed by atoms with Gasteiger partial charge in [0.05, 0.1) is 6.10 Å². The summed E-state index contributed by atoms with van der Waals surface area (Å²) in [6, 6.07) is 0. The van der Waals surface area contributed by atoms with Crippen molar-refractivity contribution in [2.24, 2.45) is 0 Å². The summed E-state index contributed by atoms with van der Waals surface area (Å²) < 4.78 is 0. The molecular weight excluding hydrogens is 168 g/mol. The molecule has 0 spiro atoms. The third kappa shape index (κ3) is 6.72. The lowest BCUT2D eigenvalue weighted by molar-refractivity contribution is -0.128. The highest BCUT2D eigenvalue weighted by Gasteiger charge is 2.15. The summed E-state index contributed by atoms with van der Waals surface area (Å²) >= 11 is 0. The number of unbranched alkanes of at least 4 members (excludes halogenated alkanes) is 2. The summed E-state index contributed by atoms with van der Waals surface area (Å²) in [6.45, 7) is 3.64. The molecule has 3 nitrogen and oxygen atoms in total. The molecule has 0 aromatic rings. The van der Waals surface area contributed by atoms with E-state index in [1.54, 1.807) is 6.92 Å². The van der Waals surface area contributed by atoms with Crippen molar-refractivity contribution >= 4 is 5.78 Å². The Labute approximate surface area is 79.8 Å². The van der Waals surface area contributed by atoms with E-state index in [9.17, 15) is 9.90 Å². The van der Waals surface area contributed by atoms with E-state index in [2.05, 4.69) is 6.92 Å². The van der Waals surface area contributed by atoms with Gasteiger partial charge in [0.15, 0.2) is 5.78 Å². The van der Waals surface area contributed by atoms with Crippen LogP contribution < -0.4 is 0 Å². The molecule has 0 aliphatic carbocycles. The second-order valence-electron chi connectivity index (χ2n) is 3.52. The molecule has 2 atom stereocenters. The van der Waals surface area contributed by atoms with Crippen molar-refractivity contribution in [1.29, 1.82) is 0 Å². The lowest BCUT2D eigenvalue weighted by Gasteiger charge is -2.10. The zero-order valence-electron chi connectivity index (χ0n) is 8.49. The third-order valence-corrected chi connectivity index (χ3v) is 1.96. The second-order valence-corrected chi connectivity index (χ2v) is 3.52. The number of carbonyl (C=O) groups is 1. The molecule has 0 aliphatic rings. The Hall–Kier alpha value is -0.410. The first kappa shape index (κ1) is 12.6. The van der Waals surface area contributed by atoms with Gasteiger partial charge >= 0.3 is 0 Å². The summed E-state index contributed by atoms with van der Waals surface area (Å²) in [4.78, 5) is 11.2. The first-order valence-electron chi connectivity index (χ1n) is 4.96. The molecule has 0 heterocycles. The van der Waals surface area contributed by atoms with Crippen LogP contribution in [0.4, 0.5) is 0 Å². The highest BCUT2D eigenvalue weighted by molar-refractivity contribution is 5.82. The van der Waals surface area contributed by atoms with Crippen molar-refractivity contribution in [2.45, 2.75) is 58.2 Å². The fourth-order valence-corrected chi connectivity index (χ4v) is 1.17. The van der Waals surface area contributed by atoms with Gasteiger partial charge in [0, 0.05) is 12.8 Å². The van der Waals surface area contributed by atoms with Crippen LogP contribution in [0.3, 0.4) is 0 Å². The number of aliphatic hydroxyl groups excluding tert-OH is 2. The molecule has 78 valence electrons. The molecule has 1 unspecified atom stereocenters. The normalized spacial score (nSPS) is 15.4. The van der Waals surface area contributed by atoms with E-state index in [0.29, 0.717) is 6.42 Å². The van der Waals surface area contributed by atoms with E-state index in [-0.39, 0.29) is 12.2 Å². The number of aliphatic hydroxyl groups is 2. The zero-order valence-corrected chi connectivity index (χ0v) is 8.49. The van der Waals surface area contributed by atoms with Crippen LogP contribution in [-0.2, 0) is 4.79 Å². The fourth-order valence-electron chi connectivity index (χ4n) is 1.17. The first-order chi connectivity index (χ1) is 6.07. The highest BCUT2D eigenvalue weighted by atomic mass is 16.3. The average Bonchev–Trinajstić information content (AvgIpc) is 2.03. The van der Waals surface area contributed by atoms with Gasteiger partial charge in [0.25, 0.3) is 0 Å². The predicted octanol–water partition coefficient (Wildman–Crippen LogP) is 1.27. The Kier molecular flexibility index (Phi) is 6.82. The van der Waals surface area contributed by atoms with Gasteiger partial charge in [-0.05, 0) is 13.3 Å². The van der Waals surface area contributed by atoms with Crippen LogP contribution in [0.5, 0.6) is 0 Å². The Morgan fingerprint density at radius 2 is 1.92 bits per heavy atom. The number of ketones is 1. The van der Waals surface area contributed by atoms with Crippen molar-refractivity contribution in [2.75, 3.05) is 0 Å². The molecule has 0 radical (unpaired) electrons. The fraction of sp³-hybridized carbons (Fsp3) is 0.900. The van der Waals surface area contributed by atoms with E-state index < -0.39 is 12.2 Å². The van der Waals surface area contributed by atoms with Gasteiger partial charge in [-0.1, -0.05) is 19.8 Å². The maximum Gasteiger partial charge on any atom is 0.161 e. The van der Waals surface area contributed by atoms with Crippen LogP contribution in [0.15, 0.2) is 0 Å². The summed E-state index contributed by atoms with van der Waals surface area (Å²) in [5.74, 6) is -0.144. The van der Waals surface area contributed by atoms with E-state index in [4.69, 9.17) is 5.11 Å². The van der Waals surface area contributed by atoms with Crippen molar-refractivity contribution in [3.63, 3.8) is 0 Å². The molecule has 0 bridgehead atoms. The average molecular weight is 188 g/mol. The van der Waals surface area contributed by atoms with E-state index in [0.717, 1.165) is 19.3 Å². The minimum atomic E-state index is -0.975. The van der Waals surface area contributed by atoms with Crippen molar-refractivity contribution < 1.29 is 15.0 Å². The van der Waals surface area contributed by atoms with Crippen LogP contribution in [0.1, 0.15) is 46.0 Å². The van der Waals surface area contributed by atoms with Crippen molar-refractivity contribution in [1.82, 2.24) is 0 Å². The lowest BCUT2D eigenvalue weighted by atomic mass is 10.0. The Balaban J connectivity index is 3.57. The standard InChI is InChI=1S/C10H20O3/c1-3-4-5-6-9(12)10(13)7-8(2)11/h8,10-11,13H,3-7H2,1-2H3/t8?,10-/m1/s1. The van der Waals surface area contributed by atoms with E-state index >= 15 is 0 Å². The van der Waals surface area contributed by atoms with Crippen LogP contribution in [0.2, 0.25) is 0 Å². The molecular formula is C10H20O3. The minimum absolute atomic E-state index is 0.144. The van der Waals surface area contributed by atoms with Crippen LogP contribution in [-0.4, -0.2) is 28.2 Å². The smallest absolute Gasteiger partial charge is 0.161 e. The molecule has 0 rings (SSSR count). The molecule has 3 heteroatoms. The zero-order chi connectivity index (χ0) is 10.3. The van der Waals surface area contributed by atoms with Gasteiger partial charge < -0.3 is 10.2 Å². The lowest BCUT2D eigenvalue weighted by Crippen LogP contribution is -2.24. The molecule has 0 aliphatic heterocycles. The summed E-state index contributed by atoms with van der Waals surface area (Å²) in [5, 5.41) is 18.2. The third-order valence-electron chi connectivity index (χ3n) is 1.96. The van der Waals surface area contributed by atoms with E-state index in [1.807, 2.05) is 0 Å². The van der Waals surface area contributed by atoms with Gasteiger partial charge in [-0.3, -0.25) is 4.79 Å². The van der Waals surface area contributed by atoms with Gasteiger partial charge in [-0.25, -0.2) is 0 Å². The van der Waals surface area contributed by atoms with Crippen molar-refractivity contribution in [3.05, 3.63) is 0 Å². The summed E-state index contributed by atoms with van der Waals surface area (Å²) in [5.41, 5.74) is 0. The molecule has 0 aromatic carbocycles.